The Morgan fingerprint density at radius 1 is 0.880 bits per heavy atom. The molecule has 1 aliphatic rings. The molecule has 3 aromatic carbocycles. The van der Waals surface area contributed by atoms with Crippen LogP contribution in [0.1, 0.15) is 28.3 Å². The molecule has 0 aromatic heterocycles. The monoisotopic (exact) mass is 324 g/mol. The van der Waals surface area contributed by atoms with Crippen LogP contribution in [-0.4, -0.2) is 6.54 Å². The van der Waals surface area contributed by atoms with Crippen molar-refractivity contribution in [3.05, 3.63) is 101 Å². The van der Waals surface area contributed by atoms with Crippen molar-refractivity contribution in [3.63, 3.8) is 0 Å². The van der Waals surface area contributed by atoms with E-state index in [-0.39, 0.29) is 0 Å². The van der Waals surface area contributed by atoms with Gasteiger partial charge in [0.05, 0.1) is 17.7 Å². The van der Waals surface area contributed by atoms with Gasteiger partial charge in [-0.2, -0.15) is 5.26 Å². The molecule has 1 aliphatic heterocycles. The predicted molar refractivity (Wildman–Crippen MR) is 102 cm³/mol. The fourth-order valence-corrected chi connectivity index (χ4v) is 3.74. The normalized spacial score (nSPS) is 16.1. The summed E-state index contributed by atoms with van der Waals surface area (Å²) in [4.78, 5) is 2.51. The molecular formula is C23H20N2. The third-order valence-corrected chi connectivity index (χ3v) is 5.01. The zero-order chi connectivity index (χ0) is 17.1. The molecule has 0 N–H and O–H groups in total. The molecule has 0 saturated carbocycles. The van der Waals surface area contributed by atoms with E-state index in [0.717, 1.165) is 19.4 Å². The first kappa shape index (κ1) is 15.5. The summed E-state index contributed by atoms with van der Waals surface area (Å²) in [7, 11) is 0. The van der Waals surface area contributed by atoms with Gasteiger partial charge in [-0.3, -0.25) is 0 Å². The number of rotatable bonds is 3. The first-order valence-electron chi connectivity index (χ1n) is 8.74. The van der Waals surface area contributed by atoms with E-state index in [1.807, 2.05) is 12.1 Å². The second-order valence-corrected chi connectivity index (χ2v) is 6.51. The van der Waals surface area contributed by atoms with Gasteiger partial charge in [0, 0.05) is 12.2 Å². The summed E-state index contributed by atoms with van der Waals surface area (Å²) >= 11 is 0. The Morgan fingerprint density at radius 2 is 1.60 bits per heavy atom. The average Bonchev–Trinajstić information content (AvgIpc) is 2.69. The minimum Gasteiger partial charge on any atom is -0.364 e. The summed E-state index contributed by atoms with van der Waals surface area (Å²) in [6.45, 7) is 1.03. The Morgan fingerprint density at radius 3 is 2.36 bits per heavy atom. The highest BCUT2D eigenvalue weighted by Gasteiger charge is 2.27. The summed E-state index contributed by atoms with van der Waals surface area (Å²) in [5.74, 6) is 0. The molecule has 0 saturated heterocycles. The van der Waals surface area contributed by atoms with E-state index in [0.29, 0.717) is 11.6 Å². The van der Waals surface area contributed by atoms with Crippen LogP contribution in [0.4, 0.5) is 5.69 Å². The number of nitrogens with zero attached hydrogens (tertiary/aromatic N) is 2. The van der Waals surface area contributed by atoms with Crippen molar-refractivity contribution < 1.29 is 0 Å². The number of hydrogen-bond donors (Lipinski definition) is 0. The van der Waals surface area contributed by atoms with Gasteiger partial charge >= 0.3 is 0 Å². The number of fused-ring (bicyclic) bond motifs is 1. The van der Waals surface area contributed by atoms with E-state index in [2.05, 4.69) is 77.7 Å². The molecule has 0 spiro atoms. The number of nitriles is 1. The highest BCUT2D eigenvalue weighted by molar-refractivity contribution is 5.52. The second-order valence-electron chi connectivity index (χ2n) is 6.51. The van der Waals surface area contributed by atoms with Crippen LogP contribution in [0.15, 0.2) is 78.9 Å². The lowest BCUT2D eigenvalue weighted by atomic mass is 9.88. The van der Waals surface area contributed by atoms with E-state index >= 15 is 0 Å². The molecule has 25 heavy (non-hydrogen) atoms. The predicted octanol–water partition coefficient (Wildman–Crippen LogP) is 4.90. The number of para-hydroxylation sites is 1. The van der Waals surface area contributed by atoms with E-state index < -0.39 is 0 Å². The molecule has 3 aromatic rings. The Bertz CT molecular complexity index is 891. The molecule has 1 heterocycles. The van der Waals surface area contributed by atoms with Gasteiger partial charge in [0.1, 0.15) is 0 Å². The lowest BCUT2D eigenvalue weighted by Gasteiger charge is -2.39. The van der Waals surface area contributed by atoms with Crippen molar-refractivity contribution in [1.82, 2.24) is 0 Å². The van der Waals surface area contributed by atoms with Crippen LogP contribution < -0.4 is 4.90 Å². The lowest BCUT2D eigenvalue weighted by molar-refractivity contribution is 0.579. The molecule has 0 radical (unpaired) electrons. The molecule has 1 unspecified atom stereocenters. The SMILES string of the molecule is N#Cc1ccc(CC2c3ccccc3CCN2c2ccccc2)cc1. The van der Waals surface area contributed by atoms with Gasteiger partial charge in [0.15, 0.2) is 0 Å². The summed E-state index contributed by atoms with van der Waals surface area (Å²) < 4.78 is 0. The van der Waals surface area contributed by atoms with Gasteiger partial charge in [-0.15, -0.1) is 0 Å². The molecular weight excluding hydrogens is 304 g/mol. The fourth-order valence-electron chi connectivity index (χ4n) is 3.74. The first-order chi connectivity index (χ1) is 12.3. The van der Waals surface area contributed by atoms with E-state index in [4.69, 9.17) is 5.26 Å². The largest absolute Gasteiger partial charge is 0.364 e. The van der Waals surface area contributed by atoms with Crippen LogP contribution in [0.3, 0.4) is 0 Å². The zero-order valence-electron chi connectivity index (χ0n) is 14.1. The van der Waals surface area contributed by atoms with Gasteiger partial charge in [0.25, 0.3) is 0 Å². The van der Waals surface area contributed by atoms with E-state index in [1.165, 1.54) is 22.4 Å². The topological polar surface area (TPSA) is 27.0 Å². The van der Waals surface area contributed by atoms with Crippen LogP contribution in [0, 0.1) is 11.3 Å². The van der Waals surface area contributed by atoms with Gasteiger partial charge < -0.3 is 4.90 Å². The van der Waals surface area contributed by atoms with Crippen molar-refractivity contribution in [2.45, 2.75) is 18.9 Å². The first-order valence-corrected chi connectivity index (χ1v) is 8.74. The molecule has 0 fully saturated rings. The molecule has 1 atom stereocenters. The lowest BCUT2D eigenvalue weighted by Crippen LogP contribution is -2.36. The molecule has 0 bridgehead atoms. The minimum atomic E-state index is 0.320. The molecule has 0 aliphatic carbocycles. The summed E-state index contributed by atoms with van der Waals surface area (Å²) in [5, 5.41) is 9.01. The summed E-state index contributed by atoms with van der Waals surface area (Å²) in [6, 6.07) is 30.0. The summed E-state index contributed by atoms with van der Waals surface area (Å²) in [6.07, 6.45) is 2.02. The van der Waals surface area contributed by atoms with E-state index in [9.17, 15) is 0 Å². The molecule has 0 amide bonds. The van der Waals surface area contributed by atoms with Crippen molar-refractivity contribution in [2.24, 2.45) is 0 Å². The maximum Gasteiger partial charge on any atom is 0.0991 e. The quantitative estimate of drug-likeness (QED) is 0.685. The molecule has 2 heteroatoms. The van der Waals surface area contributed by atoms with Gasteiger partial charge in [-0.1, -0.05) is 54.6 Å². The van der Waals surface area contributed by atoms with Gasteiger partial charge in [-0.05, 0) is 53.8 Å². The maximum absolute atomic E-state index is 9.01. The van der Waals surface area contributed by atoms with Crippen LogP contribution in [0.2, 0.25) is 0 Å². The Kier molecular flexibility index (Phi) is 4.23. The van der Waals surface area contributed by atoms with Crippen molar-refractivity contribution >= 4 is 5.69 Å². The maximum atomic E-state index is 9.01. The van der Waals surface area contributed by atoms with Crippen molar-refractivity contribution in [2.75, 3.05) is 11.4 Å². The Hall–Kier alpha value is -3.05. The zero-order valence-corrected chi connectivity index (χ0v) is 14.1. The van der Waals surface area contributed by atoms with Crippen LogP contribution in [0.5, 0.6) is 0 Å². The fraction of sp³-hybridized carbons (Fsp3) is 0.174. The Labute approximate surface area is 149 Å². The molecule has 122 valence electrons. The highest BCUT2D eigenvalue weighted by Crippen LogP contribution is 2.35. The number of anilines is 1. The van der Waals surface area contributed by atoms with Crippen molar-refractivity contribution in [3.8, 4) is 6.07 Å². The Balaban J connectivity index is 1.71. The van der Waals surface area contributed by atoms with Crippen LogP contribution >= 0.6 is 0 Å². The van der Waals surface area contributed by atoms with Gasteiger partial charge in [0.2, 0.25) is 0 Å². The minimum absolute atomic E-state index is 0.320. The van der Waals surface area contributed by atoms with Gasteiger partial charge in [-0.25, -0.2) is 0 Å². The van der Waals surface area contributed by atoms with Crippen LogP contribution in [-0.2, 0) is 12.8 Å². The number of benzene rings is 3. The third kappa shape index (κ3) is 3.14. The third-order valence-electron chi connectivity index (χ3n) is 5.01. The summed E-state index contributed by atoms with van der Waals surface area (Å²) in [5.41, 5.74) is 6.13. The molecule has 2 nitrogen and oxygen atoms in total. The van der Waals surface area contributed by atoms with E-state index in [1.54, 1.807) is 0 Å². The average molecular weight is 324 g/mol. The highest BCUT2D eigenvalue weighted by atomic mass is 15.2. The van der Waals surface area contributed by atoms with Crippen LogP contribution in [0.25, 0.3) is 0 Å². The standard InChI is InChI=1S/C23H20N2/c24-17-19-12-10-18(11-13-19)16-23-22-9-5-4-6-20(22)14-15-25(23)21-7-2-1-3-8-21/h1-13,23H,14-16H2. The molecule has 4 rings (SSSR count). The number of hydrogen-bond acceptors (Lipinski definition) is 2. The smallest absolute Gasteiger partial charge is 0.0991 e. The van der Waals surface area contributed by atoms with Crippen molar-refractivity contribution in [1.29, 1.82) is 5.26 Å². The second kappa shape index (κ2) is 6.83.